The van der Waals surface area contributed by atoms with Crippen LogP contribution in [0.4, 0.5) is 15.8 Å². The van der Waals surface area contributed by atoms with Crippen LogP contribution in [0.3, 0.4) is 0 Å². The molecule has 3 N–H and O–H groups in total. The van der Waals surface area contributed by atoms with Gasteiger partial charge in [0.05, 0.1) is 64.7 Å². The van der Waals surface area contributed by atoms with Crippen molar-refractivity contribution in [2.45, 2.75) is 91.1 Å². The number of aliphatic hydroxyl groups excluding tert-OH is 1. The van der Waals surface area contributed by atoms with Crippen LogP contribution in [-0.4, -0.2) is 101 Å². The van der Waals surface area contributed by atoms with E-state index in [1.807, 2.05) is 94.4 Å². The number of nitrogens with zero attached hydrogens (tertiary/aromatic N) is 6. The molecule has 7 rings (SSSR count). The molecule has 18 heteroatoms. The number of anilines is 2. The number of nitriles is 1. The summed E-state index contributed by atoms with van der Waals surface area (Å²) in [4.78, 5) is 68.5. The largest absolute Gasteiger partial charge is 0.494 e. The minimum atomic E-state index is -1.14. The van der Waals surface area contributed by atoms with Gasteiger partial charge in [0.25, 0.3) is 5.91 Å². The summed E-state index contributed by atoms with van der Waals surface area (Å²) in [7, 11) is 1.26. The number of hydrogen-bond donors (Lipinski definition) is 3. The van der Waals surface area contributed by atoms with Crippen molar-refractivity contribution in [3.05, 3.63) is 120 Å². The predicted molar refractivity (Wildman–Crippen MR) is 268 cm³/mol. The van der Waals surface area contributed by atoms with Gasteiger partial charge in [-0.2, -0.15) is 5.26 Å². The number of ether oxygens (including phenoxy) is 3. The van der Waals surface area contributed by atoms with E-state index in [2.05, 4.69) is 27.2 Å². The highest BCUT2D eigenvalue weighted by Gasteiger charge is 2.50. The Hall–Kier alpha value is -7.20. The Morgan fingerprint density at radius 3 is 2.35 bits per heavy atom. The summed E-state index contributed by atoms with van der Waals surface area (Å²) in [5.41, 5.74) is 4.84. The van der Waals surface area contributed by atoms with Gasteiger partial charge in [-0.1, -0.05) is 51.6 Å². The highest BCUT2D eigenvalue weighted by atomic mass is 32.1. The van der Waals surface area contributed by atoms with Crippen molar-refractivity contribution in [1.82, 2.24) is 25.5 Å². The maximum Gasteiger partial charge on any atom is 0.258 e. The van der Waals surface area contributed by atoms with Crippen molar-refractivity contribution in [1.29, 1.82) is 5.26 Å². The molecular formula is C53H59FN8O8S. The number of aliphatic hydroxyl groups is 1. The third kappa shape index (κ3) is 11.4. The third-order valence-corrected chi connectivity index (χ3v) is 13.5. The van der Waals surface area contributed by atoms with Gasteiger partial charge in [0.2, 0.25) is 17.7 Å². The molecule has 0 radical (unpaired) electrons. The number of amides is 4. The van der Waals surface area contributed by atoms with Crippen LogP contribution in [0.25, 0.3) is 21.7 Å². The Morgan fingerprint density at radius 2 is 1.72 bits per heavy atom. The molecule has 2 fully saturated rings. The number of halogens is 1. The lowest BCUT2D eigenvalue weighted by molar-refractivity contribution is -0.144. The monoisotopic (exact) mass is 986 g/mol. The second-order valence-electron chi connectivity index (χ2n) is 19.0. The van der Waals surface area contributed by atoms with Crippen LogP contribution in [-0.2, 0) is 30.5 Å². The van der Waals surface area contributed by atoms with E-state index in [1.165, 1.54) is 29.0 Å². The number of benzene rings is 3. The molecule has 0 unspecified atom stereocenters. The maximum atomic E-state index is 15.5. The summed E-state index contributed by atoms with van der Waals surface area (Å²) in [5.74, 6) is -1.94. The van der Waals surface area contributed by atoms with E-state index in [0.29, 0.717) is 36.6 Å². The van der Waals surface area contributed by atoms with Crippen molar-refractivity contribution in [3.63, 3.8) is 0 Å². The number of methoxy groups -OCH3 is 1. The number of aryl methyl sites for hydroxylation is 1. The number of carbonyl (C=O) groups excluding carboxylic acids is 4. The topological polar surface area (TPSA) is 200 Å². The molecule has 2 aliphatic rings. The highest BCUT2D eigenvalue weighted by molar-refractivity contribution is 7.13. The lowest BCUT2D eigenvalue weighted by Crippen LogP contribution is -2.58. The van der Waals surface area contributed by atoms with Crippen LogP contribution in [0, 0.1) is 29.5 Å². The minimum absolute atomic E-state index is 0.00510. The van der Waals surface area contributed by atoms with E-state index in [0.717, 1.165) is 27.3 Å². The third-order valence-electron chi connectivity index (χ3n) is 12.5. The normalized spacial score (nSPS) is 17.0. The van der Waals surface area contributed by atoms with E-state index in [1.54, 1.807) is 41.8 Å². The van der Waals surface area contributed by atoms with Gasteiger partial charge < -0.3 is 39.8 Å². The Morgan fingerprint density at radius 1 is 1.01 bits per heavy atom. The molecule has 0 aliphatic carbocycles. The second kappa shape index (κ2) is 21.8. The lowest BCUT2D eigenvalue weighted by Gasteiger charge is -2.35. The summed E-state index contributed by atoms with van der Waals surface area (Å²) in [6.07, 6.45) is 2.09. The maximum absolute atomic E-state index is 15.5. The summed E-state index contributed by atoms with van der Waals surface area (Å²) in [6.45, 7) is 15.6. The van der Waals surface area contributed by atoms with E-state index < -0.39 is 52.7 Å². The molecule has 3 atom stereocenters. The van der Waals surface area contributed by atoms with Gasteiger partial charge >= 0.3 is 0 Å². The van der Waals surface area contributed by atoms with Gasteiger partial charge in [-0.3, -0.25) is 29.1 Å². The van der Waals surface area contributed by atoms with Crippen molar-refractivity contribution < 1.29 is 42.9 Å². The number of hydrogen-bond acceptors (Lipinski definition) is 13. The van der Waals surface area contributed by atoms with Gasteiger partial charge in [0.1, 0.15) is 41.9 Å². The first-order valence-electron chi connectivity index (χ1n) is 23.3. The van der Waals surface area contributed by atoms with Gasteiger partial charge in [-0.15, -0.1) is 11.3 Å². The van der Waals surface area contributed by atoms with E-state index in [4.69, 9.17) is 14.2 Å². The van der Waals surface area contributed by atoms with Crippen molar-refractivity contribution in [3.8, 4) is 39.3 Å². The predicted octanol–water partition coefficient (Wildman–Crippen LogP) is 7.29. The van der Waals surface area contributed by atoms with E-state index >= 15 is 4.39 Å². The highest BCUT2D eigenvalue weighted by Crippen LogP contribution is 2.43. The van der Waals surface area contributed by atoms with E-state index in [-0.39, 0.29) is 61.5 Å². The minimum Gasteiger partial charge on any atom is -0.494 e. The van der Waals surface area contributed by atoms with Crippen molar-refractivity contribution in [2.75, 3.05) is 43.3 Å². The van der Waals surface area contributed by atoms with Crippen molar-refractivity contribution >= 4 is 46.3 Å². The number of nitrogens with one attached hydrogen (secondary N) is 2. The Bertz CT molecular complexity index is 2810. The Labute approximate surface area is 417 Å². The number of unbranched alkanes of at least 4 members (excludes halogenated alkanes) is 1. The van der Waals surface area contributed by atoms with Crippen molar-refractivity contribution in [2.24, 2.45) is 5.41 Å². The molecule has 0 bridgehead atoms. The molecule has 0 saturated carbocycles. The summed E-state index contributed by atoms with van der Waals surface area (Å²) >= 11 is 1.57. The van der Waals surface area contributed by atoms with Gasteiger partial charge in [0.15, 0.2) is 11.6 Å². The summed E-state index contributed by atoms with van der Waals surface area (Å²) in [5, 5.41) is 25.7. The van der Waals surface area contributed by atoms with Crippen LogP contribution in [0.5, 0.6) is 11.5 Å². The first kappa shape index (κ1) is 51.6. The molecule has 71 heavy (non-hydrogen) atoms. The quantitative estimate of drug-likeness (QED) is 0.0743. The SMILES string of the molecule is C=C1N(c2ccc(C#N)c(OC)c2F)C(=O)C(C)(C)N1c1ccc(-c2ccc(OCCCCOCC(=O)N[C@H](C(=O)N3C[C@H](O)C[C@H]3C(=O)NCc3ccc(-c4scnc4C)cc3)C(C)(C)C)cc2)nc1. The molecule has 3 aromatic carbocycles. The van der Waals surface area contributed by atoms with Gasteiger partial charge in [0, 0.05) is 31.7 Å². The number of carbonyl (C=O) groups is 4. The molecule has 16 nitrogen and oxygen atoms in total. The van der Waals surface area contributed by atoms with Crippen LogP contribution < -0.4 is 29.9 Å². The zero-order chi connectivity index (χ0) is 51.2. The molecule has 2 saturated heterocycles. The molecule has 5 aromatic rings. The molecular weight excluding hydrogens is 928 g/mol. The molecule has 4 amide bonds. The molecule has 372 valence electrons. The molecule has 4 heterocycles. The lowest BCUT2D eigenvalue weighted by atomic mass is 9.85. The first-order chi connectivity index (χ1) is 33.8. The second-order valence-corrected chi connectivity index (χ2v) is 19.9. The Balaban J connectivity index is 0.839. The summed E-state index contributed by atoms with van der Waals surface area (Å²) in [6, 6.07) is 21.7. The number of aromatic nitrogens is 2. The summed E-state index contributed by atoms with van der Waals surface area (Å²) < 4.78 is 32.3. The fraction of sp³-hybridized carbons (Fsp3) is 0.377. The zero-order valence-corrected chi connectivity index (χ0v) is 41.8. The number of β-amino-alcohol motifs (C(OH)–C–C–N with tert-alkyl or cyclic N) is 1. The zero-order valence-electron chi connectivity index (χ0n) is 41.0. The standard InChI is InChI=1S/C53H59FN8O8S/c1-32-47(71-31-58-32)36-13-11-34(12-14-36)27-57-49(65)43-25-39(63)29-60(43)50(66)48(52(3,4)5)59-44(64)30-69-23-9-10-24-70-40-19-15-35(16-20-40)41-21-18-38(28-56-41)62-33(2)61(51(67)53(62,6)7)42-22-17-37(26-55)46(68-8)45(42)54/h11-22,28,31,39,43,48,63H,2,9-10,23-25,27,29-30H2,1,3-8H3,(H,57,65)(H,59,64)/t39-,43+,48-/m1/s1. The van der Waals surface area contributed by atoms with Crippen LogP contribution in [0.15, 0.2) is 96.9 Å². The average Bonchev–Trinajstić information content (AvgIpc) is 4.01. The molecule has 2 aromatic heterocycles. The fourth-order valence-electron chi connectivity index (χ4n) is 8.69. The molecule has 2 aliphatic heterocycles. The molecule has 0 spiro atoms. The number of rotatable bonds is 18. The number of pyridine rings is 1. The van der Waals surface area contributed by atoms with Crippen LogP contribution in [0.2, 0.25) is 0 Å². The van der Waals surface area contributed by atoms with Gasteiger partial charge in [-0.25, -0.2) is 9.37 Å². The van der Waals surface area contributed by atoms with Crippen LogP contribution >= 0.6 is 11.3 Å². The Kier molecular flexibility index (Phi) is 15.9. The van der Waals surface area contributed by atoms with Gasteiger partial charge in [-0.05, 0) is 98.7 Å². The number of likely N-dealkylation sites (tertiary alicyclic amines) is 1. The fourth-order valence-corrected chi connectivity index (χ4v) is 9.50. The van der Waals surface area contributed by atoms with Crippen LogP contribution in [0.1, 0.15) is 70.7 Å². The number of thiazole rings is 1. The first-order valence-corrected chi connectivity index (χ1v) is 24.1. The van der Waals surface area contributed by atoms with E-state index in [9.17, 15) is 29.5 Å². The smallest absolute Gasteiger partial charge is 0.258 e. The average molecular weight is 987 g/mol.